The van der Waals surface area contributed by atoms with E-state index in [2.05, 4.69) is 48.5 Å². The summed E-state index contributed by atoms with van der Waals surface area (Å²) in [6, 6.07) is 18.1. The van der Waals surface area contributed by atoms with Crippen molar-refractivity contribution in [3.05, 3.63) is 70.8 Å². The van der Waals surface area contributed by atoms with Gasteiger partial charge in [0.05, 0.1) is 0 Å². The van der Waals surface area contributed by atoms with Gasteiger partial charge in [-0.1, -0.05) is 76.2 Å². The van der Waals surface area contributed by atoms with Gasteiger partial charge in [-0.3, -0.25) is 0 Å². The van der Waals surface area contributed by atoms with E-state index in [1.54, 1.807) is 33.0 Å². The molecule has 0 N–H and O–H groups in total. The molecule has 4 aromatic carbocycles. The van der Waals surface area contributed by atoms with Gasteiger partial charge in [0, 0.05) is 0 Å². The Morgan fingerprint density at radius 1 is 0.423 bits per heavy atom. The molecule has 0 aliphatic heterocycles. The van der Waals surface area contributed by atoms with Gasteiger partial charge in [0.1, 0.15) is 0 Å². The molecule has 4 aromatic rings. The maximum Gasteiger partial charge on any atom is -0.0101 e. The first-order valence-corrected chi connectivity index (χ1v) is 10.3. The molecule has 0 bridgehead atoms. The van der Waals surface area contributed by atoms with Crippen molar-refractivity contribution in [1.82, 2.24) is 0 Å². The van der Waals surface area contributed by atoms with Crippen LogP contribution in [0.15, 0.2) is 48.5 Å². The Hall–Kier alpha value is -2.34. The molecule has 0 unspecified atom stereocenters. The smallest absolute Gasteiger partial charge is 0.0101 e. The van der Waals surface area contributed by atoms with E-state index in [1.165, 1.54) is 47.2 Å². The lowest BCUT2D eigenvalue weighted by Crippen LogP contribution is -1.90. The molecule has 2 aliphatic carbocycles. The van der Waals surface area contributed by atoms with E-state index < -0.39 is 0 Å². The lowest BCUT2D eigenvalue weighted by molar-refractivity contribution is 1.03. The zero-order valence-electron chi connectivity index (χ0n) is 16.4. The van der Waals surface area contributed by atoms with Gasteiger partial charge >= 0.3 is 0 Å². The van der Waals surface area contributed by atoms with Gasteiger partial charge in [0.15, 0.2) is 0 Å². The molecular weight excluding hydrogens is 312 g/mol. The summed E-state index contributed by atoms with van der Waals surface area (Å²) in [6.45, 7) is 8.00. The van der Waals surface area contributed by atoms with Crippen LogP contribution in [-0.2, 0) is 25.7 Å². The SMILES string of the molecule is CC.CC.c1ccc2c3c4c(c5ccccc5c5c4c(c2c1)CC5)CC3. The fourth-order valence-corrected chi connectivity index (χ4v) is 5.06. The number of hydrogen-bond acceptors (Lipinski definition) is 0. The predicted octanol–water partition coefficient (Wildman–Crippen LogP) is 7.40. The standard InChI is InChI=1S/C22H16.2C2H6/c1-2-6-14-13(5-1)17-9-10-19-15-7-3-4-8-16(15)20-12-11-18(14)22(20)21(17)19;2*1-2/h1-8H,9-12H2;2*1-2H3. The minimum atomic E-state index is 1.21. The molecular formula is C26H28. The minimum absolute atomic E-state index is 1.21. The van der Waals surface area contributed by atoms with Crippen LogP contribution in [0, 0.1) is 0 Å². The van der Waals surface area contributed by atoms with Gasteiger partial charge in [0.25, 0.3) is 0 Å². The lowest BCUT2D eigenvalue weighted by Gasteiger charge is -2.13. The normalized spacial score (nSPS) is 13.5. The highest BCUT2D eigenvalue weighted by Crippen LogP contribution is 2.47. The Labute approximate surface area is 156 Å². The highest BCUT2D eigenvalue weighted by molar-refractivity contribution is 6.17. The van der Waals surface area contributed by atoms with Crippen molar-refractivity contribution in [2.45, 2.75) is 53.4 Å². The molecule has 0 saturated carbocycles. The molecule has 6 rings (SSSR count). The molecule has 0 spiro atoms. The fourth-order valence-electron chi connectivity index (χ4n) is 5.06. The molecule has 0 atom stereocenters. The lowest BCUT2D eigenvalue weighted by atomic mass is 9.90. The van der Waals surface area contributed by atoms with Crippen LogP contribution in [-0.4, -0.2) is 0 Å². The van der Waals surface area contributed by atoms with Gasteiger partial charge in [0.2, 0.25) is 0 Å². The van der Waals surface area contributed by atoms with E-state index in [9.17, 15) is 0 Å². The summed E-state index contributed by atoms with van der Waals surface area (Å²) in [5.41, 5.74) is 6.44. The van der Waals surface area contributed by atoms with Crippen molar-refractivity contribution in [2.75, 3.05) is 0 Å². The van der Waals surface area contributed by atoms with Gasteiger partial charge in [-0.05, 0) is 80.3 Å². The summed E-state index contributed by atoms with van der Waals surface area (Å²) in [6.07, 6.45) is 4.83. The molecule has 26 heavy (non-hydrogen) atoms. The van der Waals surface area contributed by atoms with Crippen LogP contribution >= 0.6 is 0 Å². The number of fused-ring (bicyclic) bond motifs is 6. The van der Waals surface area contributed by atoms with Gasteiger partial charge in [-0.25, -0.2) is 0 Å². The van der Waals surface area contributed by atoms with Crippen molar-refractivity contribution in [3.63, 3.8) is 0 Å². The third-order valence-electron chi connectivity index (χ3n) is 5.86. The summed E-state index contributed by atoms with van der Waals surface area (Å²) in [7, 11) is 0. The molecule has 0 saturated heterocycles. The Kier molecular flexibility index (Phi) is 4.44. The molecule has 0 nitrogen and oxygen atoms in total. The average molecular weight is 341 g/mol. The Morgan fingerprint density at radius 2 is 0.654 bits per heavy atom. The summed E-state index contributed by atoms with van der Waals surface area (Å²) < 4.78 is 0. The molecule has 0 heterocycles. The van der Waals surface area contributed by atoms with Crippen LogP contribution < -0.4 is 0 Å². The van der Waals surface area contributed by atoms with E-state index in [4.69, 9.17) is 0 Å². The third kappa shape index (κ3) is 2.14. The number of aryl methyl sites for hydroxylation is 4. The molecule has 0 heteroatoms. The quantitative estimate of drug-likeness (QED) is 0.293. The maximum absolute atomic E-state index is 2.34. The van der Waals surface area contributed by atoms with E-state index >= 15 is 0 Å². The van der Waals surface area contributed by atoms with E-state index in [-0.39, 0.29) is 0 Å². The summed E-state index contributed by atoms with van der Waals surface area (Å²) in [5, 5.41) is 9.25. The topological polar surface area (TPSA) is 0 Å². The monoisotopic (exact) mass is 340 g/mol. The second-order valence-corrected chi connectivity index (χ2v) is 6.76. The second kappa shape index (κ2) is 6.76. The largest absolute Gasteiger partial charge is 0.0683 e. The summed E-state index contributed by atoms with van der Waals surface area (Å²) in [5.74, 6) is 0. The van der Waals surface area contributed by atoms with Gasteiger partial charge < -0.3 is 0 Å². The van der Waals surface area contributed by atoms with Crippen molar-refractivity contribution >= 4 is 32.3 Å². The van der Waals surface area contributed by atoms with E-state index in [1.807, 2.05) is 27.7 Å². The molecule has 0 fully saturated rings. The molecule has 0 radical (unpaired) electrons. The highest BCUT2D eigenvalue weighted by atomic mass is 14.3. The number of hydrogen-bond donors (Lipinski definition) is 0. The molecule has 0 amide bonds. The summed E-state index contributed by atoms with van der Waals surface area (Å²) >= 11 is 0. The molecule has 132 valence electrons. The van der Waals surface area contributed by atoms with E-state index in [0.717, 1.165) is 0 Å². The van der Waals surface area contributed by atoms with Crippen LogP contribution in [0.3, 0.4) is 0 Å². The van der Waals surface area contributed by atoms with Crippen molar-refractivity contribution in [2.24, 2.45) is 0 Å². The van der Waals surface area contributed by atoms with Crippen LogP contribution in [0.4, 0.5) is 0 Å². The molecule has 0 aromatic heterocycles. The average Bonchev–Trinajstić information content (AvgIpc) is 3.36. The van der Waals surface area contributed by atoms with Crippen LogP contribution in [0.1, 0.15) is 49.9 Å². The Balaban J connectivity index is 0.000000396. The van der Waals surface area contributed by atoms with Gasteiger partial charge in [-0.15, -0.1) is 0 Å². The first-order chi connectivity index (χ1) is 12.9. The second-order valence-electron chi connectivity index (χ2n) is 6.76. The zero-order chi connectivity index (χ0) is 18.3. The van der Waals surface area contributed by atoms with Crippen LogP contribution in [0.2, 0.25) is 0 Å². The van der Waals surface area contributed by atoms with Crippen LogP contribution in [0.25, 0.3) is 32.3 Å². The van der Waals surface area contributed by atoms with Crippen molar-refractivity contribution in [3.8, 4) is 0 Å². The first kappa shape index (κ1) is 17.1. The van der Waals surface area contributed by atoms with Crippen molar-refractivity contribution < 1.29 is 0 Å². The zero-order valence-corrected chi connectivity index (χ0v) is 16.4. The number of rotatable bonds is 0. The maximum atomic E-state index is 2.34. The van der Waals surface area contributed by atoms with E-state index in [0.29, 0.717) is 0 Å². The van der Waals surface area contributed by atoms with Gasteiger partial charge in [-0.2, -0.15) is 0 Å². The fraction of sp³-hybridized carbons (Fsp3) is 0.308. The Bertz CT molecular complexity index is 940. The predicted molar refractivity (Wildman–Crippen MR) is 116 cm³/mol. The molecule has 2 aliphatic rings. The van der Waals surface area contributed by atoms with Crippen molar-refractivity contribution in [1.29, 1.82) is 0 Å². The summed E-state index contributed by atoms with van der Waals surface area (Å²) in [4.78, 5) is 0. The first-order valence-electron chi connectivity index (χ1n) is 10.3. The minimum Gasteiger partial charge on any atom is -0.0683 e. The third-order valence-corrected chi connectivity index (χ3v) is 5.86. The Morgan fingerprint density at radius 3 is 0.885 bits per heavy atom. The number of benzene rings is 4. The highest BCUT2D eigenvalue weighted by Gasteiger charge is 2.28. The van der Waals surface area contributed by atoms with Crippen LogP contribution in [0.5, 0.6) is 0 Å².